The molecular weight excluding hydrogens is 301 g/mol. The van der Waals surface area contributed by atoms with Crippen LogP contribution in [0.1, 0.15) is 5.89 Å². The molecule has 0 aliphatic heterocycles. The number of nitrogens with zero attached hydrogens (tertiary/aromatic N) is 1. The van der Waals surface area contributed by atoms with Gasteiger partial charge in [-0.2, -0.15) is 0 Å². The predicted octanol–water partition coefficient (Wildman–Crippen LogP) is 3.69. The molecule has 0 saturated carbocycles. The van der Waals surface area contributed by atoms with Crippen molar-refractivity contribution >= 4 is 7.60 Å². The van der Waals surface area contributed by atoms with Crippen molar-refractivity contribution in [3.63, 3.8) is 0 Å². The van der Waals surface area contributed by atoms with Crippen LogP contribution in [0.5, 0.6) is 0 Å². The Labute approximate surface area is 127 Å². The SMILES string of the molecule is O=P(O)(O)Cc1nc(-c2ccccc2)c(-c2ccccc2)o1. The van der Waals surface area contributed by atoms with Gasteiger partial charge in [-0.1, -0.05) is 60.7 Å². The Morgan fingerprint density at radius 2 is 1.45 bits per heavy atom. The highest BCUT2D eigenvalue weighted by molar-refractivity contribution is 7.50. The van der Waals surface area contributed by atoms with Gasteiger partial charge in [-0.05, 0) is 0 Å². The van der Waals surface area contributed by atoms with E-state index in [1.807, 2.05) is 60.7 Å². The molecule has 0 amide bonds. The number of oxazole rings is 1. The van der Waals surface area contributed by atoms with E-state index < -0.39 is 13.8 Å². The van der Waals surface area contributed by atoms with Crippen LogP contribution in [0.2, 0.25) is 0 Å². The van der Waals surface area contributed by atoms with E-state index in [1.165, 1.54) is 0 Å². The fourth-order valence-corrected chi connectivity index (χ4v) is 2.67. The van der Waals surface area contributed by atoms with Gasteiger partial charge in [0.2, 0.25) is 5.89 Å². The van der Waals surface area contributed by atoms with Crippen LogP contribution < -0.4 is 0 Å². The van der Waals surface area contributed by atoms with Gasteiger partial charge in [0.05, 0.1) is 0 Å². The van der Waals surface area contributed by atoms with E-state index in [1.54, 1.807) is 0 Å². The number of hydrogen-bond acceptors (Lipinski definition) is 3. The van der Waals surface area contributed by atoms with Gasteiger partial charge >= 0.3 is 7.60 Å². The third-order valence-electron chi connectivity index (χ3n) is 3.10. The summed E-state index contributed by atoms with van der Waals surface area (Å²) in [6.07, 6.45) is -0.514. The number of aromatic nitrogens is 1. The fourth-order valence-electron chi connectivity index (χ4n) is 2.19. The molecule has 3 aromatic rings. The van der Waals surface area contributed by atoms with Gasteiger partial charge in [-0.15, -0.1) is 0 Å². The minimum absolute atomic E-state index is 0.0334. The van der Waals surface area contributed by atoms with Gasteiger partial charge in [0.25, 0.3) is 0 Å². The molecule has 1 heterocycles. The van der Waals surface area contributed by atoms with Crippen LogP contribution in [0, 0.1) is 0 Å². The summed E-state index contributed by atoms with van der Waals surface area (Å²) in [4.78, 5) is 22.5. The minimum Gasteiger partial charge on any atom is -0.439 e. The van der Waals surface area contributed by atoms with Crippen LogP contribution in [0.3, 0.4) is 0 Å². The Morgan fingerprint density at radius 3 is 2.00 bits per heavy atom. The summed E-state index contributed by atoms with van der Waals surface area (Å²) in [5.74, 6) is 0.543. The highest BCUT2D eigenvalue weighted by Gasteiger charge is 2.22. The van der Waals surface area contributed by atoms with Gasteiger partial charge in [0, 0.05) is 11.1 Å². The standard InChI is InChI=1S/C16H14NO4P/c18-22(19,20)11-14-17-15(12-7-3-1-4-8-12)16(21-14)13-9-5-2-6-10-13/h1-10H,11H2,(H2,18,19,20). The Balaban J connectivity index is 2.13. The van der Waals surface area contributed by atoms with Crippen LogP contribution >= 0.6 is 7.60 Å². The first-order valence-corrected chi connectivity index (χ1v) is 8.48. The molecule has 0 unspecified atom stereocenters. The van der Waals surface area contributed by atoms with Crippen molar-refractivity contribution in [1.82, 2.24) is 4.98 Å². The van der Waals surface area contributed by atoms with Gasteiger partial charge in [0.1, 0.15) is 11.9 Å². The molecule has 2 N–H and O–H groups in total. The van der Waals surface area contributed by atoms with Crippen molar-refractivity contribution in [2.75, 3.05) is 0 Å². The van der Waals surface area contributed by atoms with E-state index in [4.69, 9.17) is 14.2 Å². The van der Waals surface area contributed by atoms with Crippen LogP contribution in [-0.4, -0.2) is 14.8 Å². The van der Waals surface area contributed by atoms with Gasteiger partial charge < -0.3 is 14.2 Å². The molecule has 0 saturated heterocycles. The third kappa shape index (κ3) is 3.34. The molecule has 1 aromatic heterocycles. The molecule has 0 aliphatic carbocycles. The first-order chi connectivity index (χ1) is 10.5. The van der Waals surface area contributed by atoms with Crippen LogP contribution in [0.25, 0.3) is 22.6 Å². The van der Waals surface area contributed by atoms with Crippen LogP contribution in [0.15, 0.2) is 65.1 Å². The zero-order valence-corrected chi connectivity index (χ0v) is 12.5. The maximum Gasteiger partial charge on any atom is 0.334 e. The first-order valence-electron chi connectivity index (χ1n) is 6.68. The average molecular weight is 315 g/mol. The molecule has 112 valence electrons. The number of benzene rings is 2. The summed E-state index contributed by atoms with van der Waals surface area (Å²) >= 11 is 0. The van der Waals surface area contributed by atoms with Crippen molar-refractivity contribution in [2.24, 2.45) is 0 Å². The monoisotopic (exact) mass is 315 g/mol. The molecular formula is C16H14NO4P. The minimum atomic E-state index is -4.23. The molecule has 2 aromatic carbocycles. The summed E-state index contributed by atoms with van der Waals surface area (Å²) in [7, 11) is -4.23. The number of hydrogen-bond donors (Lipinski definition) is 2. The highest BCUT2D eigenvalue weighted by atomic mass is 31.2. The predicted molar refractivity (Wildman–Crippen MR) is 83.1 cm³/mol. The van der Waals surface area contributed by atoms with Crippen molar-refractivity contribution in [2.45, 2.75) is 6.16 Å². The van der Waals surface area contributed by atoms with E-state index in [0.717, 1.165) is 11.1 Å². The second kappa shape index (κ2) is 5.89. The lowest BCUT2D eigenvalue weighted by atomic mass is 10.1. The van der Waals surface area contributed by atoms with Gasteiger partial charge in [0.15, 0.2) is 5.76 Å². The van der Waals surface area contributed by atoms with Gasteiger partial charge in [-0.25, -0.2) is 4.98 Å². The Kier molecular flexibility index (Phi) is 3.94. The molecule has 3 rings (SSSR count). The lowest BCUT2D eigenvalue weighted by Crippen LogP contribution is -1.87. The average Bonchev–Trinajstić information content (AvgIpc) is 2.91. The lowest BCUT2D eigenvalue weighted by molar-refractivity contribution is 0.364. The molecule has 0 bridgehead atoms. The Hall–Kier alpha value is -2.20. The Morgan fingerprint density at radius 1 is 0.909 bits per heavy atom. The molecule has 0 fully saturated rings. The summed E-state index contributed by atoms with van der Waals surface area (Å²) in [6.45, 7) is 0. The topological polar surface area (TPSA) is 83.6 Å². The van der Waals surface area contributed by atoms with Crippen molar-refractivity contribution in [1.29, 1.82) is 0 Å². The molecule has 0 radical (unpaired) electrons. The summed E-state index contributed by atoms with van der Waals surface area (Å²) in [6, 6.07) is 18.8. The first kappa shape index (κ1) is 14.7. The van der Waals surface area contributed by atoms with E-state index in [2.05, 4.69) is 4.98 Å². The third-order valence-corrected chi connectivity index (χ3v) is 3.78. The van der Waals surface area contributed by atoms with E-state index in [0.29, 0.717) is 11.5 Å². The maximum absolute atomic E-state index is 11.2. The van der Waals surface area contributed by atoms with Gasteiger partial charge in [-0.3, -0.25) is 4.57 Å². The molecule has 0 spiro atoms. The molecule has 22 heavy (non-hydrogen) atoms. The van der Waals surface area contributed by atoms with Crippen molar-refractivity contribution in [3.05, 3.63) is 66.6 Å². The molecule has 0 aliphatic rings. The second-order valence-corrected chi connectivity index (χ2v) is 6.49. The largest absolute Gasteiger partial charge is 0.439 e. The smallest absolute Gasteiger partial charge is 0.334 e. The van der Waals surface area contributed by atoms with Crippen LogP contribution in [0.4, 0.5) is 0 Å². The lowest BCUT2D eigenvalue weighted by Gasteiger charge is -2.00. The van der Waals surface area contributed by atoms with E-state index >= 15 is 0 Å². The van der Waals surface area contributed by atoms with Crippen molar-refractivity contribution in [3.8, 4) is 22.6 Å². The summed E-state index contributed by atoms with van der Waals surface area (Å²) < 4.78 is 16.8. The highest BCUT2D eigenvalue weighted by Crippen LogP contribution is 2.41. The van der Waals surface area contributed by atoms with E-state index in [9.17, 15) is 4.57 Å². The normalized spacial score (nSPS) is 11.5. The Bertz CT molecular complexity index is 752. The molecule has 6 heteroatoms. The molecule has 0 atom stereocenters. The quantitative estimate of drug-likeness (QED) is 0.717. The summed E-state index contributed by atoms with van der Waals surface area (Å²) in [5, 5.41) is 0. The van der Waals surface area contributed by atoms with Crippen molar-refractivity contribution < 1.29 is 18.8 Å². The second-order valence-electron chi connectivity index (χ2n) is 4.84. The zero-order valence-electron chi connectivity index (χ0n) is 11.6. The maximum atomic E-state index is 11.2. The van der Waals surface area contributed by atoms with E-state index in [-0.39, 0.29) is 5.89 Å². The fraction of sp³-hybridized carbons (Fsp3) is 0.0625. The van der Waals surface area contributed by atoms with Crippen LogP contribution in [-0.2, 0) is 10.7 Å². The zero-order chi connectivity index (χ0) is 15.6. The number of rotatable bonds is 4. The molecule has 5 nitrogen and oxygen atoms in total. The summed E-state index contributed by atoms with van der Waals surface area (Å²) in [5.41, 5.74) is 2.23.